The highest BCUT2D eigenvalue weighted by Crippen LogP contribution is 2.27. The van der Waals surface area contributed by atoms with Crippen molar-refractivity contribution in [3.63, 3.8) is 0 Å². The Labute approximate surface area is 187 Å². The van der Waals surface area contributed by atoms with E-state index >= 15 is 0 Å². The van der Waals surface area contributed by atoms with Gasteiger partial charge in [0.15, 0.2) is 14.1 Å². The van der Waals surface area contributed by atoms with Crippen molar-refractivity contribution in [1.82, 2.24) is 14.3 Å². The van der Waals surface area contributed by atoms with Gasteiger partial charge in [-0.2, -0.15) is 0 Å². The highest BCUT2D eigenvalue weighted by Gasteiger charge is 2.21. The van der Waals surface area contributed by atoms with Gasteiger partial charge in [0.1, 0.15) is 5.82 Å². The smallest absolute Gasteiger partial charge is 0.184 e. The van der Waals surface area contributed by atoms with Gasteiger partial charge in [-0.05, 0) is 69.2 Å². The van der Waals surface area contributed by atoms with Gasteiger partial charge in [-0.3, -0.25) is 4.79 Å². The number of hydrogen-bond acceptors (Lipinski definition) is 6. The molecule has 3 aromatic rings. The molecule has 1 aromatic carbocycles. The van der Waals surface area contributed by atoms with Gasteiger partial charge in [0.05, 0.1) is 17.5 Å². The van der Waals surface area contributed by atoms with Crippen LogP contribution in [0.1, 0.15) is 34.6 Å². The Morgan fingerprint density at radius 1 is 1.37 bits per heavy atom. The fourth-order valence-electron chi connectivity index (χ4n) is 3.63. The molecule has 1 aliphatic heterocycles. The lowest BCUT2D eigenvalue weighted by molar-refractivity contribution is 0.0957. The number of aryl methyl sites for hydroxylation is 1. The summed E-state index contributed by atoms with van der Waals surface area (Å²) in [5.74, 6) is 0.0505. The lowest BCUT2D eigenvalue weighted by Crippen LogP contribution is -2.17. The standard InChI is InChI=1S/C21H22FN3O2S3/c1-13-10-18(14(2)24(13)11-17-4-3-9-27-17)19(26)12-29-20-23-25(21(28)30-20)16-7-5-15(22)6-8-16/h5-8,10,17H,3-4,9,11-12H2,1-2H3/t17-/m0/s1. The number of hydrogen-bond donors (Lipinski definition) is 0. The Hall–Kier alpha value is -1.81. The lowest BCUT2D eigenvalue weighted by Gasteiger charge is -2.14. The highest BCUT2D eigenvalue weighted by atomic mass is 32.2. The molecular formula is C21H22FN3O2S3. The minimum absolute atomic E-state index is 0.0705. The van der Waals surface area contributed by atoms with Crippen LogP contribution in [0.5, 0.6) is 0 Å². The summed E-state index contributed by atoms with van der Waals surface area (Å²) in [7, 11) is 0. The van der Waals surface area contributed by atoms with Gasteiger partial charge in [-0.15, -0.1) is 5.10 Å². The van der Waals surface area contributed by atoms with Crippen molar-refractivity contribution in [2.45, 2.75) is 43.7 Å². The molecule has 0 bridgehead atoms. The van der Waals surface area contributed by atoms with E-state index in [0.717, 1.165) is 42.9 Å². The van der Waals surface area contributed by atoms with E-state index in [4.69, 9.17) is 17.0 Å². The third kappa shape index (κ3) is 4.59. The van der Waals surface area contributed by atoms with Crippen LogP contribution in [0.4, 0.5) is 4.39 Å². The molecule has 0 unspecified atom stereocenters. The van der Waals surface area contributed by atoms with Crippen molar-refractivity contribution >= 4 is 41.1 Å². The number of carbonyl (C=O) groups excluding carboxylic acids is 1. The number of Topliss-reactive ketones (excluding diaryl/α,β-unsaturated/α-hetero) is 1. The summed E-state index contributed by atoms with van der Waals surface area (Å²) in [5.41, 5.74) is 3.51. The molecule has 1 saturated heterocycles. The van der Waals surface area contributed by atoms with Crippen LogP contribution in [0.25, 0.3) is 5.69 Å². The molecule has 158 valence electrons. The summed E-state index contributed by atoms with van der Waals surface area (Å²) in [6.07, 6.45) is 2.40. The van der Waals surface area contributed by atoms with Gasteiger partial charge in [-0.25, -0.2) is 9.07 Å². The number of benzene rings is 1. The number of aromatic nitrogens is 3. The molecule has 30 heavy (non-hydrogen) atoms. The Morgan fingerprint density at radius 3 is 2.83 bits per heavy atom. The van der Waals surface area contributed by atoms with Gasteiger partial charge < -0.3 is 9.30 Å². The minimum Gasteiger partial charge on any atom is -0.376 e. The number of ether oxygens (including phenoxy) is 1. The fraction of sp³-hybridized carbons (Fsp3) is 0.381. The predicted molar refractivity (Wildman–Crippen MR) is 120 cm³/mol. The first-order chi connectivity index (χ1) is 14.4. The minimum atomic E-state index is -0.308. The average Bonchev–Trinajstić information content (AvgIpc) is 3.43. The first kappa shape index (κ1) is 21.4. The van der Waals surface area contributed by atoms with Crippen molar-refractivity contribution in [3.05, 3.63) is 57.1 Å². The van der Waals surface area contributed by atoms with Crippen LogP contribution >= 0.6 is 35.3 Å². The SMILES string of the molecule is Cc1cc(C(=O)CSc2nn(-c3ccc(F)cc3)c(=S)s2)c(C)n1C[C@@H]1CCCO1. The first-order valence-corrected chi connectivity index (χ1v) is 11.9. The Morgan fingerprint density at radius 2 is 2.13 bits per heavy atom. The number of rotatable bonds is 7. The second kappa shape index (κ2) is 9.13. The van der Waals surface area contributed by atoms with Crippen molar-refractivity contribution in [2.24, 2.45) is 0 Å². The topological polar surface area (TPSA) is 49.0 Å². The highest BCUT2D eigenvalue weighted by molar-refractivity contribution is 8.01. The maximum Gasteiger partial charge on any atom is 0.184 e. The van der Waals surface area contributed by atoms with Crippen LogP contribution in [0.2, 0.25) is 0 Å². The maximum absolute atomic E-state index is 13.2. The van der Waals surface area contributed by atoms with E-state index in [0.29, 0.717) is 14.0 Å². The van der Waals surface area contributed by atoms with Crippen LogP contribution in [0, 0.1) is 23.6 Å². The fourth-order valence-corrected chi connectivity index (χ4v) is 5.87. The van der Waals surface area contributed by atoms with E-state index in [1.165, 1.54) is 35.2 Å². The molecule has 3 heterocycles. The van der Waals surface area contributed by atoms with E-state index in [1.54, 1.807) is 16.8 Å². The van der Waals surface area contributed by atoms with E-state index < -0.39 is 0 Å². The maximum atomic E-state index is 13.2. The largest absolute Gasteiger partial charge is 0.376 e. The third-order valence-electron chi connectivity index (χ3n) is 5.21. The van der Waals surface area contributed by atoms with E-state index in [-0.39, 0.29) is 23.5 Å². The van der Waals surface area contributed by atoms with Crippen molar-refractivity contribution in [1.29, 1.82) is 0 Å². The number of nitrogens with zero attached hydrogens (tertiary/aromatic N) is 3. The monoisotopic (exact) mass is 463 g/mol. The summed E-state index contributed by atoms with van der Waals surface area (Å²) in [5, 5.41) is 4.49. The molecule has 0 amide bonds. The normalized spacial score (nSPS) is 16.3. The predicted octanol–water partition coefficient (Wildman–Crippen LogP) is 5.37. The average molecular weight is 464 g/mol. The summed E-state index contributed by atoms with van der Waals surface area (Å²) in [4.78, 5) is 12.9. The van der Waals surface area contributed by atoms with Crippen LogP contribution in [0.15, 0.2) is 34.7 Å². The second-order valence-electron chi connectivity index (χ2n) is 7.26. The Balaban J connectivity index is 1.44. The summed E-state index contributed by atoms with van der Waals surface area (Å²) in [6, 6.07) is 7.98. The van der Waals surface area contributed by atoms with Crippen LogP contribution in [0.3, 0.4) is 0 Å². The van der Waals surface area contributed by atoms with Crippen LogP contribution < -0.4 is 0 Å². The molecule has 0 spiro atoms. The number of ketones is 1. The second-order valence-corrected chi connectivity index (χ2v) is 10.1. The summed E-state index contributed by atoms with van der Waals surface area (Å²) >= 11 is 8.10. The molecule has 4 rings (SSSR count). The molecule has 0 saturated carbocycles. The molecule has 1 atom stereocenters. The Bertz CT molecular complexity index is 1110. The molecule has 0 aliphatic carbocycles. The van der Waals surface area contributed by atoms with Gasteiger partial charge >= 0.3 is 0 Å². The van der Waals surface area contributed by atoms with Crippen LogP contribution in [-0.4, -0.2) is 38.6 Å². The number of halogens is 1. The quantitative estimate of drug-likeness (QED) is 0.268. The molecule has 0 radical (unpaired) electrons. The molecule has 1 fully saturated rings. The zero-order chi connectivity index (χ0) is 21.3. The third-order valence-corrected chi connectivity index (χ3v) is 7.58. The molecular weight excluding hydrogens is 441 g/mol. The lowest BCUT2D eigenvalue weighted by atomic mass is 10.2. The number of thioether (sulfide) groups is 1. The molecule has 5 nitrogen and oxygen atoms in total. The first-order valence-electron chi connectivity index (χ1n) is 9.73. The number of carbonyl (C=O) groups is 1. The summed E-state index contributed by atoms with van der Waals surface area (Å²) in [6.45, 7) is 5.64. The zero-order valence-electron chi connectivity index (χ0n) is 16.8. The molecule has 9 heteroatoms. The Kier molecular flexibility index (Phi) is 6.52. The van der Waals surface area contributed by atoms with Gasteiger partial charge in [0.25, 0.3) is 0 Å². The summed E-state index contributed by atoms with van der Waals surface area (Å²) < 4.78 is 24.0. The van der Waals surface area contributed by atoms with E-state index in [9.17, 15) is 9.18 Å². The van der Waals surface area contributed by atoms with E-state index in [2.05, 4.69) is 9.67 Å². The van der Waals surface area contributed by atoms with Gasteiger partial charge in [0.2, 0.25) is 0 Å². The van der Waals surface area contributed by atoms with Crippen LogP contribution in [-0.2, 0) is 11.3 Å². The van der Waals surface area contributed by atoms with E-state index in [1.807, 2.05) is 19.9 Å². The van der Waals surface area contributed by atoms with Crippen molar-refractivity contribution in [3.8, 4) is 5.69 Å². The molecule has 0 N–H and O–H groups in total. The zero-order valence-corrected chi connectivity index (χ0v) is 19.2. The van der Waals surface area contributed by atoms with Crippen molar-refractivity contribution in [2.75, 3.05) is 12.4 Å². The van der Waals surface area contributed by atoms with Crippen molar-refractivity contribution < 1.29 is 13.9 Å². The molecule has 1 aliphatic rings. The van der Waals surface area contributed by atoms with Gasteiger partial charge in [-0.1, -0.05) is 23.1 Å². The van der Waals surface area contributed by atoms with Gasteiger partial charge in [0, 0.05) is 30.1 Å². The molecule has 2 aromatic heterocycles.